The fraction of sp³-hybridized carbons (Fsp3) is 0.320. The first-order valence-electron chi connectivity index (χ1n) is 10.8. The molecule has 3 aromatic rings. The van der Waals surface area contributed by atoms with E-state index in [2.05, 4.69) is 5.32 Å². The zero-order valence-corrected chi connectivity index (χ0v) is 16.9. The van der Waals surface area contributed by atoms with Crippen molar-refractivity contribution in [1.82, 2.24) is 15.2 Å². The standard InChI is InChI=1S/C25H25N3O2/c29-24(23-19-9-4-5-11-21(19)27-22-12-6-10-20(22)23)26-18-13-15-28(16-14-18)25(30)17-7-2-1-3-8-17/h1-5,7-9,11,18H,6,10,12-16H2,(H,26,29). The molecule has 0 spiro atoms. The predicted molar refractivity (Wildman–Crippen MR) is 117 cm³/mol. The molecule has 152 valence electrons. The number of piperidine rings is 1. The highest BCUT2D eigenvalue weighted by Gasteiger charge is 2.28. The maximum atomic E-state index is 13.3. The molecule has 2 aliphatic rings. The van der Waals surface area contributed by atoms with Crippen molar-refractivity contribution < 1.29 is 9.59 Å². The zero-order chi connectivity index (χ0) is 20.5. The molecular weight excluding hydrogens is 374 g/mol. The van der Waals surface area contributed by atoms with Crippen molar-refractivity contribution in [3.8, 4) is 0 Å². The van der Waals surface area contributed by atoms with Crippen LogP contribution in [0.25, 0.3) is 10.9 Å². The Morgan fingerprint density at radius 2 is 1.67 bits per heavy atom. The lowest BCUT2D eigenvalue weighted by molar-refractivity contribution is 0.0698. The van der Waals surface area contributed by atoms with Crippen molar-refractivity contribution >= 4 is 22.7 Å². The van der Waals surface area contributed by atoms with Crippen LogP contribution in [0, 0.1) is 0 Å². The van der Waals surface area contributed by atoms with Gasteiger partial charge in [0.25, 0.3) is 11.8 Å². The number of nitrogens with zero attached hydrogens (tertiary/aromatic N) is 2. The molecule has 0 unspecified atom stereocenters. The van der Waals surface area contributed by atoms with Gasteiger partial charge in [-0.2, -0.15) is 0 Å². The molecular formula is C25H25N3O2. The number of benzene rings is 2. The van der Waals surface area contributed by atoms with Gasteiger partial charge < -0.3 is 10.2 Å². The third kappa shape index (κ3) is 3.45. The number of aryl methyl sites for hydroxylation is 1. The van der Waals surface area contributed by atoms with Gasteiger partial charge in [-0.25, -0.2) is 0 Å². The third-order valence-electron chi connectivity index (χ3n) is 6.28. The number of nitrogens with one attached hydrogen (secondary N) is 1. The summed E-state index contributed by atoms with van der Waals surface area (Å²) in [5.74, 6) is 0.0675. The molecule has 2 heterocycles. The molecule has 1 saturated heterocycles. The van der Waals surface area contributed by atoms with E-state index in [0.29, 0.717) is 13.1 Å². The van der Waals surface area contributed by atoms with Gasteiger partial charge in [-0.05, 0) is 55.9 Å². The first kappa shape index (κ1) is 18.8. The van der Waals surface area contributed by atoms with E-state index in [1.165, 1.54) is 0 Å². The molecule has 1 N–H and O–H groups in total. The van der Waals surface area contributed by atoms with Crippen LogP contribution >= 0.6 is 0 Å². The fourth-order valence-corrected chi connectivity index (χ4v) is 4.72. The first-order valence-corrected chi connectivity index (χ1v) is 10.8. The van der Waals surface area contributed by atoms with E-state index in [9.17, 15) is 9.59 Å². The van der Waals surface area contributed by atoms with Gasteiger partial charge in [-0.3, -0.25) is 14.6 Å². The summed E-state index contributed by atoms with van der Waals surface area (Å²) < 4.78 is 0. The lowest BCUT2D eigenvalue weighted by Gasteiger charge is -2.32. The number of hydrogen-bond donors (Lipinski definition) is 1. The summed E-state index contributed by atoms with van der Waals surface area (Å²) in [6, 6.07) is 17.4. The molecule has 0 radical (unpaired) electrons. The minimum Gasteiger partial charge on any atom is -0.349 e. The first-order chi connectivity index (χ1) is 14.7. The number of likely N-dealkylation sites (tertiary alicyclic amines) is 1. The average Bonchev–Trinajstić information content (AvgIpc) is 3.26. The van der Waals surface area contributed by atoms with Gasteiger partial charge in [-0.1, -0.05) is 36.4 Å². The Morgan fingerprint density at radius 3 is 2.47 bits per heavy atom. The monoisotopic (exact) mass is 399 g/mol. The number of rotatable bonds is 3. The third-order valence-corrected chi connectivity index (χ3v) is 6.28. The highest BCUT2D eigenvalue weighted by Crippen LogP contribution is 2.30. The fourth-order valence-electron chi connectivity index (χ4n) is 4.72. The minimum atomic E-state index is -0.000383. The summed E-state index contributed by atoms with van der Waals surface area (Å²) in [7, 11) is 0. The number of carbonyl (C=O) groups is 2. The van der Waals surface area contributed by atoms with Crippen LogP contribution < -0.4 is 5.32 Å². The van der Waals surface area contributed by atoms with Crippen LogP contribution in [-0.2, 0) is 12.8 Å². The average molecular weight is 399 g/mol. The molecule has 1 aliphatic carbocycles. The number of carbonyl (C=O) groups excluding carboxylic acids is 2. The van der Waals surface area contributed by atoms with E-state index in [1.807, 2.05) is 59.5 Å². The van der Waals surface area contributed by atoms with Crippen LogP contribution in [0.4, 0.5) is 0 Å². The largest absolute Gasteiger partial charge is 0.349 e. The van der Waals surface area contributed by atoms with Crippen LogP contribution in [0.1, 0.15) is 51.2 Å². The second-order valence-corrected chi connectivity index (χ2v) is 8.19. The van der Waals surface area contributed by atoms with E-state index in [1.54, 1.807) is 0 Å². The number of hydrogen-bond acceptors (Lipinski definition) is 3. The molecule has 5 heteroatoms. The van der Waals surface area contributed by atoms with Crippen molar-refractivity contribution in [2.24, 2.45) is 0 Å². The number of para-hydroxylation sites is 1. The van der Waals surface area contributed by atoms with Crippen molar-refractivity contribution in [3.05, 3.63) is 77.0 Å². The molecule has 1 aliphatic heterocycles. The highest BCUT2D eigenvalue weighted by molar-refractivity contribution is 6.08. The molecule has 0 atom stereocenters. The SMILES string of the molecule is O=C(NC1CCN(C(=O)c2ccccc2)CC1)c1c2c(nc3ccccc13)CCC2. The van der Waals surface area contributed by atoms with Gasteiger partial charge in [0.1, 0.15) is 0 Å². The van der Waals surface area contributed by atoms with Gasteiger partial charge in [0.2, 0.25) is 0 Å². The summed E-state index contributed by atoms with van der Waals surface area (Å²) in [5, 5.41) is 4.19. The normalized spacial score (nSPS) is 16.5. The van der Waals surface area contributed by atoms with Crippen LogP contribution in [-0.4, -0.2) is 40.8 Å². The van der Waals surface area contributed by atoms with Crippen molar-refractivity contribution in [3.63, 3.8) is 0 Å². The Labute approximate surface area is 176 Å². The maximum absolute atomic E-state index is 13.3. The summed E-state index contributed by atoms with van der Waals surface area (Å²) >= 11 is 0. The number of amides is 2. The molecule has 1 fully saturated rings. The van der Waals surface area contributed by atoms with Crippen LogP contribution in [0.5, 0.6) is 0 Å². The van der Waals surface area contributed by atoms with Crippen LogP contribution in [0.2, 0.25) is 0 Å². The number of pyridine rings is 1. The summed E-state index contributed by atoms with van der Waals surface area (Å²) in [5.41, 5.74) is 4.60. The smallest absolute Gasteiger partial charge is 0.253 e. The molecule has 0 bridgehead atoms. The predicted octanol–water partition coefficient (Wildman–Crippen LogP) is 3.76. The van der Waals surface area contributed by atoms with Crippen molar-refractivity contribution in [1.29, 1.82) is 0 Å². The Kier molecular flexibility index (Phi) is 4.95. The van der Waals surface area contributed by atoms with Crippen molar-refractivity contribution in [2.75, 3.05) is 13.1 Å². The zero-order valence-electron chi connectivity index (χ0n) is 16.9. The second kappa shape index (κ2) is 7.90. The molecule has 2 amide bonds. The van der Waals surface area contributed by atoms with E-state index < -0.39 is 0 Å². The topological polar surface area (TPSA) is 62.3 Å². The molecule has 0 saturated carbocycles. The molecule has 2 aromatic carbocycles. The van der Waals surface area contributed by atoms with E-state index in [0.717, 1.165) is 65.4 Å². The van der Waals surface area contributed by atoms with Gasteiger partial charge in [-0.15, -0.1) is 0 Å². The highest BCUT2D eigenvalue weighted by atomic mass is 16.2. The summed E-state index contributed by atoms with van der Waals surface area (Å²) in [6.07, 6.45) is 4.46. The van der Waals surface area contributed by atoms with Crippen LogP contribution in [0.15, 0.2) is 54.6 Å². The maximum Gasteiger partial charge on any atom is 0.253 e. The molecule has 5 rings (SSSR count). The second-order valence-electron chi connectivity index (χ2n) is 8.19. The number of aromatic nitrogens is 1. The quantitative estimate of drug-likeness (QED) is 0.729. The van der Waals surface area contributed by atoms with Gasteiger partial charge >= 0.3 is 0 Å². The lowest BCUT2D eigenvalue weighted by atomic mass is 9.98. The summed E-state index contributed by atoms with van der Waals surface area (Å²) in [4.78, 5) is 32.6. The number of fused-ring (bicyclic) bond motifs is 2. The van der Waals surface area contributed by atoms with E-state index in [4.69, 9.17) is 4.98 Å². The van der Waals surface area contributed by atoms with Gasteiger partial charge in [0.05, 0.1) is 11.1 Å². The van der Waals surface area contributed by atoms with Crippen LogP contribution in [0.3, 0.4) is 0 Å². The van der Waals surface area contributed by atoms with Crippen molar-refractivity contribution in [2.45, 2.75) is 38.1 Å². The Balaban J connectivity index is 1.30. The Hall–Kier alpha value is -3.21. The Bertz CT molecular complexity index is 1100. The van der Waals surface area contributed by atoms with Gasteiger partial charge in [0, 0.05) is 35.8 Å². The van der Waals surface area contributed by atoms with E-state index >= 15 is 0 Å². The molecule has 5 nitrogen and oxygen atoms in total. The summed E-state index contributed by atoms with van der Waals surface area (Å²) in [6.45, 7) is 1.32. The molecule has 30 heavy (non-hydrogen) atoms. The molecule has 1 aromatic heterocycles. The minimum absolute atomic E-state index is 0.000383. The lowest BCUT2D eigenvalue weighted by Crippen LogP contribution is -2.46. The Morgan fingerprint density at radius 1 is 0.933 bits per heavy atom. The van der Waals surface area contributed by atoms with Gasteiger partial charge in [0.15, 0.2) is 0 Å². The van der Waals surface area contributed by atoms with E-state index in [-0.39, 0.29) is 17.9 Å².